The summed E-state index contributed by atoms with van der Waals surface area (Å²) in [5.74, 6) is -0.348. The standard InChI is InChI=1S/C18H16FN7O/c1-12-6-8-25(24-12)9-7-20-17(27)16-10-15(13-2-4-14(19)5-3-13)23-18-21-11-22-26(16)18/h2-6,8,10-11H,7,9H2,1H3,(H,20,27). The molecule has 0 saturated heterocycles. The van der Waals surface area contributed by atoms with Crippen molar-refractivity contribution in [2.45, 2.75) is 13.5 Å². The number of aryl methyl sites for hydroxylation is 1. The van der Waals surface area contributed by atoms with Crippen LogP contribution in [0.15, 0.2) is 48.9 Å². The molecule has 27 heavy (non-hydrogen) atoms. The quantitative estimate of drug-likeness (QED) is 0.583. The molecule has 136 valence electrons. The van der Waals surface area contributed by atoms with E-state index in [0.29, 0.717) is 35.8 Å². The zero-order valence-corrected chi connectivity index (χ0v) is 14.5. The summed E-state index contributed by atoms with van der Waals surface area (Å²) in [6.45, 7) is 2.87. The fourth-order valence-electron chi connectivity index (χ4n) is 2.70. The fraction of sp³-hybridized carbons (Fsp3) is 0.167. The molecule has 3 heterocycles. The summed E-state index contributed by atoms with van der Waals surface area (Å²) in [5.41, 5.74) is 2.42. The number of fused-ring (bicyclic) bond motifs is 1. The van der Waals surface area contributed by atoms with Crippen LogP contribution in [0.25, 0.3) is 17.0 Å². The van der Waals surface area contributed by atoms with Gasteiger partial charge in [-0.1, -0.05) is 0 Å². The van der Waals surface area contributed by atoms with E-state index in [1.165, 1.54) is 23.0 Å². The number of aromatic nitrogens is 6. The molecule has 0 fully saturated rings. The third kappa shape index (κ3) is 3.52. The van der Waals surface area contributed by atoms with Gasteiger partial charge >= 0.3 is 0 Å². The molecule has 9 heteroatoms. The van der Waals surface area contributed by atoms with Gasteiger partial charge < -0.3 is 5.32 Å². The predicted octanol–water partition coefficient (Wildman–Crippen LogP) is 1.87. The molecule has 0 atom stereocenters. The Morgan fingerprint density at radius 1 is 1.22 bits per heavy atom. The second-order valence-electron chi connectivity index (χ2n) is 5.98. The van der Waals surface area contributed by atoms with Crippen LogP contribution < -0.4 is 5.32 Å². The highest BCUT2D eigenvalue weighted by molar-refractivity contribution is 5.94. The smallest absolute Gasteiger partial charge is 0.270 e. The molecule has 4 aromatic rings. The Balaban J connectivity index is 1.58. The number of hydrogen-bond acceptors (Lipinski definition) is 5. The highest BCUT2D eigenvalue weighted by Gasteiger charge is 2.15. The molecule has 1 amide bonds. The maximum Gasteiger partial charge on any atom is 0.270 e. The van der Waals surface area contributed by atoms with E-state index in [1.807, 2.05) is 19.2 Å². The van der Waals surface area contributed by atoms with E-state index >= 15 is 0 Å². The lowest BCUT2D eigenvalue weighted by Crippen LogP contribution is -2.29. The second kappa shape index (κ2) is 6.94. The van der Waals surface area contributed by atoms with Crippen LogP contribution in [0.5, 0.6) is 0 Å². The van der Waals surface area contributed by atoms with Crippen LogP contribution in [0.1, 0.15) is 16.2 Å². The van der Waals surface area contributed by atoms with Crippen molar-refractivity contribution < 1.29 is 9.18 Å². The van der Waals surface area contributed by atoms with Gasteiger partial charge in [0.15, 0.2) is 0 Å². The largest absolute Gasteiger partial charge is 0.349 e. The minimum absolute atomic E-state index is 0.296. The summed E-state index contributed by atoms with van der Waals surface area (Å²) in [4.78, 5) is 21.1. The summed E-state index contributed by atoms with van der Waals surface area (Å²) in [6, 6.07) is 9.41. The van der Waals surface area contributed by atoms with E-state index in [9.17, 15) is 9.18 Å². The Labute approximate surface area is 153 Å². The Hall–Kier alpha value is -3.62. The number of amides is 1. The van der Waals surface area contributed by atoms with Gasteiger partial charge in [0.2, 0.25) is 0 Å². The van der Waals surface area contributed by atoms with Gasteiger partial charge in [-0.2, -0.15) is 19.7 Å². The Morgan fingerprint density at radius 3 is 2.78 bits per heavy atom. The topological polar surface area (TPSA) is 90.0 Å². The minimum Gasteiger partial charge on any atom is -0.349 e. The van der Waals surface area contributed by atoms with Crippen molar-refractivity contribution in [2.75, 3.05) is 6.54 Å². The number of halogens is 1. The van der Waals surface area contributed by atoms with Crippen molar-refractivity contribution in [2.24, 2.45) is 0 Å². The predicted molar refractivity (Wildman–Crippen MR) is 95.5 cm³/mol. The molecule has 4 rings (SSSR count). The van der Waals surface area contributed by atoms with Crippen LogP contribution >= 0.6 is 0 Å². The van der Waals surface area contributed by atoms with Gasteiger partial charge in [0.25, 0.3) is 11.7 Å². The maximum atomic E-state index is 13.2. The molecular weight excluding hydrogens is 349 g/mol. The van der Waals surface area contributed by atoms with Gasteiger partial charge in [0.05, 0.1) is 17.9 Å². The minimum atomic E-state index is -0.339. The first-order valence-electron chi connectivity index (χ1n) is 8.35. The van der Waals surface area contributed by atoms with Crippen LogP contribution in [0.3, 0.4) is 0 Å². The van der Waals surface area contributed by atoms with Gasteiger partial charge in [-0.15, -0.1) is 0 Å². The summed E-state index contributed by atoms with van der Waals surface area (Å²) in [5, 5.41) is 11.2. The van der Waals surface area contributed by atoms with E-state index in [1.54, 1.807) is 22.9 Å². The highest BCUT2D eigenvalue weighted by atomic mass is 19.1. The zero-order valence-electron chi connectivity index (χ0n) is 14.5. The Kier molecular flexibility index (Phi) is 4.33. The molecular formula is C18H16FN7O. The first-order valence-corrected chi connectivity index (χ1v) is 8.35. The molecule has 3 aromatic heterocycles. The normalized spacial score (nSPS) is 11.0. The van der Waals surface area contributed by atoms with Gasteiger partial charge in [0, 0.05) is 18.3 Å². The fourth-order valence-corrected chi connectivity index (χ4v) is 2.70. The highest BCUT2D eigenvalue weighted by Crippen LogP contribution is 2.19. The molecule has 0 unspecified atom stereocenters. The van der Waals surface area contributed by atoms with E-state index in [2.05, 4.69) is 25.5 Å². The second-order valence-corrected chi connectivity index (χ2v) is 5.98. The number of nitrogens with one attached hydrogen (secondary N) is 1. The lowest BCUT2D eigenvalue weighted by Gasteiger charge is -2.09. The summed E-state index contributed by atoms with van der Waals surface area (Å²) in [6.07, 6.45) is 3.19. The molecule has 0 aliphatic heterocycles. The van der Waals surface area contributed by atoms with Crippen molar-refractivity contribution in [1.82, 2.24) is 34.7 Å². The van der Waals surface area contributed by atoms with Gasteiger partial charge in [-0.3, -0.25) is 9.48 Å². The summed E-state index contributed by atoms with van der Waals surface area (Å²) in [7, 11) is 0. The van der Waals surface area contributed by atoms with E-state index in [0.717, 1.165) is 5.69 Å². The van der Waals surface area contributed by atoms with Crippen molar-refractivity contribution in [3.8, 4) is 11.3 Å². The van der Waals surface area contributed by atoms with Crippen LogP contribution in [0, 0.1) is 12.7 Å². The molecule has 0 aliphatic rings. The molecule has 0 aliphatic carbocycles. The van der Waals surface area contributed by atoms with Crippen molar-refractivity contribution in [3.05, 3.63) is 66.1 Å². The van der Waals surface area contributed by atoms with Crippen LogP contribution in [0.4, 0.5) is 4.39 Å². The summed E-state index contributed by atoms with van der Waals surface area (Å²) < 4.78 is 16.3. The number of rotatable bonds is 5. The van der Waals surface area contributed by atoms with E-state index < -0.39 is 0 Å². The number of carbonyl (C=O) groups is 1. The lowest BCUT2D eigenvalue weighted by molar-refractivity contribution is 0.0944. The molecule has 0 bridgehead atoms. The number of benzene rings is 1. The third-order valence-electron chi connectivity index (χ3n) is 4.02. The number of carbonyl (C=O) groups excluding carboxylic acids is 1. The zero-order chi connectivity index (χ0) is 18.8. The number of nitrogens with zero attached hydrogens (tertiary/aromatic N) is 6. The Bertz CT molecular complexity index is 1100. The van der Waals surface area contributed by atoms with Gasteiger partial charge in [-0.05, 0) is 43.3 Å². The van der Waals surface area contributed by atoms with E-state index in [4.69, 9.17) is 0 Å². The first-order chi connectivity index (χ1) is 13.1. The monoisotopic (exact) mass is 365 g/mol. The van der Waals surface area contributed by atoms with Crippen LogP contribution in [0.2, 0.25) is 0 Å². The average molecular weight is 365 g/mol. The van der Waals surface area contributed by atoms with Crippen molar-refractivity contribution >= 4 is 11.7 Å². The molecule has 0 saturated carbocycles. The van der Waals surface area contributed by atoms with Crippen molar-refractivity contribution in [1.29, 1.82) is 0 Å². The third-order valence-corrected chi connectivity index (χ3v) is 4.02. The van der Waals surface area contributed by atoms with Crippen LogP contribution in [-0.4, -0.2) is 41.8 Å². The molecule has 1 aromatic carbocycles. The molecule has 0 radical (unpaired) electrons. The molecule has 1 N–H and O–H groups in total. The molecule has 0 spiro atoms. The Morgan fingerprint density at radius 2 is 2.04 bits per heavy atom. The van der Waals surface area contributed by atoms with Gasteiger partial charge in [-0.25, -0.2) is 9.37 Å². The maximum absolute atomic E-state index is 13.2. The first kappa shape index (κ1) is 16.8. The van der Waals surface area contributed by atoms with Crippen molar-refractivity contribution in [3.63, 3.8) is 0 Å². The summed E-state index contributed by atoms with van der Waals surface area (Å²) >= 11 is 0. The number of hydrogen-bond donors (Lipinski definition) is 1. The van der Waals surface area contributed by atoms with Gasteiger partial charge in [0.1, 0.15) is 17.8 Å². The SMILES string of the molecule is Cc1ccn(CCNC(=O)c2cc(-c3ccc(F)cc3)nc3ncnn23)n1. The van der Waals surface area contributed by atoms with E-state index in [-0.39, 0.29) is 11.7 Å². The lowest BCUT2D eigenvalue weighted by atomic mass is 10.1. The molecule has 8 nitrogen and oxygen atoms in total. The van der Waals surface area contributed by atoms with Crippen LogP contribution in [-0.2, 0) is 6.54 Å². The average Bonchev–Trinajstić information content (AvgIpc) is 3.30.